The molecule has 4 N–H and O–H groups in total. The molecular weight excluding hydrogens is 270 g/mol. The third-order valence-corrected chi connectivity index (χ3v) is 3.77. The van der Waals surface area contributed by atoms with Gasteiger partial charge in [-0.2, -0.15) is 0 Å². The van der Waals surface area contributed by atoms with Crippen molar-refractivity contribution in [3.63, 3.8) is 0 Å². The minimum Gasteiger partial charge on any atom is -0.367 e. The number of nitrogens with one attached hydrogen (secondary N) is 2. The topological polar surface area (TPSA) is 75.9 Å². The Morgan fingerprint density at radius 2 is 2.15 bits per heavy atom. The predicted octanol–water partition coefficient (Wildman–Crippen LogP) is 2.82. The number of aryl methyl sites for hydroxylation is 1. The standard InChI is InChI=1S/C14H21N5S/c1-3-5-12-17-13(9-14(18-12)19-15)16-10(2)8-11-6-4-7-20-11/h4,6-7,9-10H,3,5,8,15H2,1-2H3,(H2,16,17,18,19). The fourth-order valence-corrected chi connectivity index (χ4v) is 2.85. The SMILES string of the molecule is CCCc1nc(NN)cc(NC(C)Cc2cccs2)n1. The fourth-order valence-electron chi connectivity index (χ4n) is 2.01. The molecule has 2 aromatic heterocycles. The molecular formula is C14H21N5S. The molecule has 5 nitrogen and oxygen atoms in total. The minimum absolute atomic E-state index is 0.309. The number of aromatic nitrogens is 2. The maximum Gasteiger partial charge on any atom is 0.145 e. The third kappa shape index (κ3) is 4.18. The number of nitrogens with zero attached hydrogens (tertiary/aromatic N) is 2. The minimum atomic E-state index is 0.309. The van der Waals surface area contributed by atoms with Gasteiger partial charge in [-0.3, -0.25) is 0 Å². The zero-order valence-corrected chi connectivity index (χ0v) is 12.7. The largest absolute Gasteiger partial charge is 0.367 e. The van der Waals surface area contributed by atoms with E-state index in [0.29, 0.717) is 11.9 Å². The lowest BCUT2D eigenvalue weighted by Crippen LogP contribution is -2.20. The van der Waals surface area contributed by atoms with Crippen LogP contribution in [0.15, 0.2) is 23.6 Å². The Morgan fingerprint density at radius 3 is 2.80 bits per heavy atom. The first kappa shape index (κ1) is 14.7. The second-order valence-electron chi connectivity index (χ2n) is 4.78. The van der Waals surface area contributed by atoms with Crippen LogP contribution in [0.4, 0.5) is 11.6 Å². The van der Waals surface area contributed by atoms with Crippen molar-refractivity contribution in [2.24, 2.45) is 5.84 Å². The van der Waals surface area contributed by atoms with Crippen molar-refractivity contribution in [2.75, 3.05) is 10.7 Å². The summed E-state index contributed by atoms with van der Waals surface area (Å²) in [6.45, 7) is 4.26. The Balaban J connectivity index is 2.05. The number of rotatable bonds is 7. The van der Waals surface area contributed by atoms with Crippen molar-refractivity contribution < 1.29 is 0 Å². The Kier molecular flexibility index (Phi) is 5.31. The van der Waals surface area contributed by atoms with Gasteiger partial charge in [0.2, 0.25) is 0 Å². The van der Waals surface area contributed by atoms with Gasteiger partial charge >= 0.3 is 0 Å². The number of anilines is 2. The average molecular weight is 291 g/mol. The van der Waals surface area contributed by atoms with Crippen LogP contribution in [0.3, 0.4) is 0 Å². The lowest BCUT2D eigenvalue weighted by Gasteiger charge is -2.15. The van der Waals surface area contributed by atoms with Gasteiger partial charge in [0.15, 0.2) is 0 Å². The Hall–Kier alpha value is -1.66. The third-order valence-electron chi connectivity index (χ3n) is 2.88. The molecule has 20 heavy (non-hydrogen) atoms. The number of nitrogen functional groups attached to an aromatic ring is 1. The van der Waals surface area contributed by atoms with Crippen LogP contribution in [0.5, 0.6) is 0 Å². The normalized spacial score (nSPS) is 12.2. The lowest BCUT2D eigenvalue weighted by atomic mass is 10.2. The summed E-state index contributed by atoms with van der Waals surface area (Å²) in [5.41, 5.74) is 2.60. The average Bonchev–Trinajstić information content (AvgIpc) is 2.91. The van der Waals surface area contributed by atoms with Gasteiger partial charge in [-0.1, -0.05) is 13.0 Å². The number of thiophene rings is 1. The van der Waals surface area contributed by atoms with E-state index in [9.17, 15) is 0 Å². The first-order valence-corrected chi connectivity index (χ1v) is 7.72. The highest BCUT2D eigenvalue weighted by atomic mass is 32.1. The molecule has 0 saturated carbocycles. The van der Waals surface area contributed by atoms with E-state index in [1.165, 1.54) is 4.88 Å². The number of hydrogen-bond donors (Lipinski definition) is 3. The number of nitrogens with two attached hydrogens (primary N) is 1. The van der Waals surface area contributed by atoms with Crippen molar-refractivity contribution in [1.82, 2.24) is 9.97 Å². The van der Waals surface area contributed by atoms with Crippen LogP contribution in [0.25, 0.3) is 0 Å². The van der Waals surface area contributed by atoms with Gasteiger partial charge in [0.25, 0.3) is 0 Å². The van der Waals surface area contributed by atoms with Crippen molar-refractivity contribution in [3.05, 3.63) is 34.3 Å². The summed E-state index contributed by atoms with van der Waals surface area (Å²) in [4.78, 5) is 10.2. The summed E-state index contributed by atoms with van der Waals surface area (Å²) in [7, 11) is 0. The van der Waals surface area contributed by atoms with Crippen LogP contribution in [0.2, 0.25) is 0 Å². The van der Waals surface area contributed by atoms with E-state index >= 15 is 0 Å². The molecule has 0 saturated heterocycles. The lowest BCUT2D eigenvalue weighted by molar-refractivity contribution is 0.782. The molecule has 108 valence electrons. The van der Waals surface area contributed by atoms with Gasteiger partial charge in [-0.25, -0.2) is 15.8 Å². The highest BCUT2D eigenvalue weighted by Crippen LogP contribution is 2.16. The molecule has 0 aromatic carbocycles. The summed E-state index contributed by atoms with van der Waals surface area (Å²) >= 11 is 1.78. The Labute approximate surface area is 123 Å². The van der Waals surface area contributed by atoms with Gasteiger partial charge in [-0.05, 0) is 24.8 Å². The van der Waals surface area contributed by atoms with Crippen molar-refractivity contribution in [3.8, 4) is 0 Å². The van der Waals surface area contributed by atoms with E-state index in [-0.39, 0.29) is 0 Å². The molecule has 0 fully saturated rings. The zero-order valence-electron chi connectivity index (χ0n) is 11.9. The van der Waals surface area contributed by atoms with E-state index in [1.807, 2.05) is 6.07 Å². The van der Waals surface area contributed by atoms with Gasteiger partial charge < -0.3 is 10.7 Å². The molecule has 0 aliphatic carbocycles. The van der Waals surface area contributed by atoms with E-state index in [4.69, 9.17) is 5.84 Å². The summed E-state index contributed by atoms with van der Waals surface area (Å²) in [5, 5.41) is 5.51. The molecule has 2 aromatic rings. The van der Waals surface area contributed by atoms with Gasteiger partial charge in [-0.15, -0.1) is 11.3 Å². The number of hydrazine groups is 1. The zero-order chi connectivity index (χ0) is 14.4. The van der Waals surface area contributed by atoms with Crippen LogP contribution in [0, 0.1) is 0 Å². The highest BCUT2D eigenvalue weighted by molar-refractivity contribution is 7.09. The van der Waals surface area contributed by atoms with Gasteiger partial charge in [0.05, 0.1) is 0 Å². The molecule has 6 heteroatoms. The quantitative estimate of drug-likeness (QED) is 0.540. The van der Waals surface area contributed by atoms with Crippen LogP contribution in [0.1, 0.15) is 31.0 Å². The van der Waals surface area contributed by atoms with Gasteiger partial charge in [0, 0.05) is 29.8 Å². The monoisotopic (exact) mass is 291 g/mol. The molecule has 0 radical (unpaired) electrons. The smallest absolute Gasteiger partial charge is 0.145 e. The molecule has 0 aliphatic heterocycles. The molecule has 1 atom stereocenters. The van der Waals surface area contributed by atoms with Crippen molar-refractivity contribution >= 4 is 23.0 Å². The molecule has 0 spiro atoms. The van der Waals surface area contributed by atoms with Crippen LogP contribution >= 0.6 is 11.3 Å². The molecule has 2 rings (SSSR count). The van der Waals surface area contributed by atoms with E-state index in [2.05, 4.69) is 52.1 Å². The maximum absolute atomic E-state index is 5.46. The molecule has 0 amide bonds. The van der Waals surface area contributed by atoms with E-state index in [0.717, 1.165) is 30.9 Å². The van der Waals surface area contributed by atoms with E-state index < -0.39 is 0 Å². The van der Waals surface area contributed by atoms with Crippen molar-refractivity contribution in [1.29, 1.82) is 0 Å². The van der Waals surface area contributed by atoms with Crippen LogP contribution < -0.4 is 16.6 Å². The van der Waals surface area contributed by atoms with Gasteiger partial charge in [0.1, 0.15) is 17.5 Å². The van der Waals surface area contributed by atoms with Crippen LogP contribution in [-0.2, 0) is 12.8 Å². The summed E-state index contributed by atoms with van der Waals surface area (Å²) in [6.07, 6.45) is 2.85. The van der Waals surface area contributed by atoms with Crippen LogP contribution in [-0.4, -0.2) is 16.0 Å². The molecule has 2 heterocycles. The second-order valence-corrected chi connectivity index (χ2v) is 5.81. The summed E-state index contributed by atoms with van der Waals surface area (Å²) < 4.78 is 0. The van der Waals surface area contributed by atoms with E-state index in [1.54, 1.807) is 11.3 Å². The van der Waals surface area contributed by atoms with Crippen molar-refractivity contribution in [2.45, 2.75) is 39.2 Å². The summed E-state index contributed by atoms with van der Waals surface area (Å²) in [6, 6.07) is 6.37. The first-order chi connectivity index (χ1) is 9.71. The Bertz CT molecular complexity index is 526. The molecule has 0 bridgehead atoms. The second kappa shape index (κ2) is 7.21. The Morgan fingerprint density at radius 1 is 1.35 bits per heavy atom. The summed E-state index contributed by atoms with van der Waals surface area (Å²) in [5.74, 6) is 7.74. The maximum atomic E-state index is 5.46. The fraction of sp³-hybridized carbons (Fsp3) is 0.429. The molecule has 1 unspecified atom stereocenters. The predicted molar refractivity (Wildman–Crippen MR) is 84.9 cm³/mol. The first-order valence-electron chi connectivity index (χ1n) is 6.84. The highest BCUT2D eigenvalue weighted by Gasteiger charge is 2.08. The number of hydrogen-bond acceptors (Lipinski definition) is 6. The molecule has 0 aliphatic rings.